The van der Waals surface area contributed by atoms with Gasteiger partial charge in [-0.3, -0.25) is 30.6 Å². The van der Waals surface area contributed by atoms with Gasteiger partial charge in [0.15, 0.2) is 12.4 Å². The van der Waals surface area contributed by atoms with Gasteiger partial charge in [-0.15, -0.1) is 0 Å². The predicted molar refractivity (Wildman–Crippen MR) is 109 cm³/mol. The van der Waals surface area contributed by atoms with Crippen LogP contribution in [-0.4, -0.2) is 49.2 Å². The quantitative estimate of drug-likeness (QED) is 0.462. The van der Waals surface area contributed by atoms with Gasteiger partial charge in [0, 0.05) is 24.7 Å². The normalized spacial score (nSPS) is 14.0. The number of halogens is 1. The van der Waals surface area contributed by atoms with Crippen molar-refractivity contribution in [2.75, 3.05) is 19.7 Å². The van der Waals surface area contributed by atoms with E-state index in [4.69, 9.17) is 4.74 Å². The molecule has 0 radical (unpaired) electrons. The Hall–Kier alpha value is -3.58. The van der Waals surface area contributed by atoms with Crippen molar-refractivity contribution < 1.29 is 32.1 Å². The molecule has 0 spiro atoms. The van der Waals surface area contributed by atoms with E-state index in [1.54, 1.807) is 0 Å². The minimum atomic E-state index is -3.87. The van der Waals surface area contributed by atoms with Crippen LogP contribution < -0.4 is 15.6 Å². The van der Waals surface area contributed by atoms with E-state index in [-0.39, 0.29) is 16.2 Å². The summed E-state index contributed by atoms with van der Waals surface area (Å²) in [4.78, 5) is 34.1. The number of amides is 2. The van der Waals surface area contributed by atoms with Crippen molar-refractivity contribution in [2.24, 2.45) is 0 Å². The third-order valence-electron chi connectivity index (χ3n) is 4.61. The number of carbonyl (C=O) groups is 2. The van der Waals surface area contributed by atoms with Crippen LogP contribution in [0.25, 0.3) is 0 Å². The molecule has 13 heteroatoms. The number of nitro groups is 1. The van der Waals surface area contributed by atoms with Crippen LogP contribution >= 0.6 is 0 Å². The zero-order valence-electron chi connectivity index (χ0n) is 16.6. The Bertz CT molecular complexity index is 1130. The maximum atomic E-state index is 12.9. The van der Waals surface area contributed by atoms with Gasteiger partial charge in [-0.1, -0.05) is 0 Å². The molecule has 1 fully saturated rings. The number of hydrogen-bond acceptors (Lipinski definition) is 7. The summed E-state index contributed by atoms with van der Waals surface area (Å²) in [5.41, 5.74) is 3.63. The van der Waals surface area contributed by atoms with E-state index in [0.717, 1.165) is 37.1 Å². The Kier molecular flexibility index (Phi) is 7.00. The first kappa shape index (κ1) is 23.1. The Morgan fingerprint density at radius 3 is 2.38 bits per heavy atom. The second-order valence-electron chi connectivity index (χ2n) is 6.80. The molecular weight excluding hydrogens is 447 g/mol. The van der Waals surface area contributed by atoms with Crippen molar-refractivity contribution in [3.63, 3.8) is 0 Å². The molecule has 1 aliphatic rings. The molecule has 0 aromatic heterocycles. The SMILES string of the molecule is O=C(COc1ccc(S(=O)(=O)N2CCCC2)cc1[N+](=O)[O-])NNC(=O)c1ccc(F)cc1. The lowest BCUT2D eigenvalue weighted by atomic mass is 10.2. The molecule has 2 aromatic rings. The molecule has 2 aromatic carbocycles. The molecule has 1 aliphatic heterocycles. The van der Waals surface area contributed by atoms with Crippen LogP contribution in [0.5, 0.6) is 5.75 Å². The highest BCUT2D eigenvalue weighted by Gasteiger charge is 2.30. The molecular formula is C19H19FN4O7S. The predicted octanol–water partition coefficient (Wildman–Crippen LogP) is 1.36. The van der Waals surface area contributed by atoms with Gasteiger partial charge in [0.25, 0.3) is 11.8 Å². The number of rotatable bonds is 7. The van der Waals surface area contributed by atoms with Gasteiger partial charge in [0.1, 0.15) is 5.82 Å². The Balaban J connectivity index is 1.62. The summed E-state index contributed by atoms with van der Waals surface area (Å²) in [6, 6.07) is 7.74. The maximum Gasteiger partial charge on any atom is 0.312 e. The van der Waals surface area contributed by atoms with Crippen LogP contribution in [0.15, 0.2) is 47.4 Å². The molecule has 0 bridgehead atoms. The summed E-state index contributed by atoms with van der Waals surface area (Å²) >= 11 is 0. The van der Waals surface area contributed by atoms with Gasteiger partial charge in [-0.25, -0.2) is 12.8 Å². The van der Waals surface area contributed by atoms with Crippen LogP contribution in [0.2, 0.25) is 0 Å². The number of nitro benzene ring substituents is 1. The lowest BCUT2D eigenvalue weighted by molar-refractivity contribution is -0.386. The van der Waals surface area contributed by atoms with Gasteiger partial charge in [0.2, 0.25) is 10.0 Å². The Labute approximate surface area is 182 Å². The van der Waals surface area contributed by atoms with E-state index < -0.39 is 44.9 Å². The van der Waals surface area contributed by atoms with Crippen LogP contribution in [0, 0.1) is 15.9 Å². The number of benzene rings is 2. The lowest BCUT2D eigenvalue weighted by Crippen LogP contribution is -2.43. The van der Waals surface area contributed by atoms with Crippen molar-refractivity contribution in [2.45, 2.75) is 17.7 Å². The van der Waals surface area contributed by atoms with E-state index in [1.807, 2.05) is 0 Å². The second-order valence-corrected chi connectivity index (χ2v) is 8.73. The Morgan fingerprint density at radius 1 is 1.09 bits per heavy atom. The number of hydrogen-bond donors (Lipinski definition) is 2. The summed E-state index contributed by atoms with van der Waals surface area (Å²) < 4.78 is 44.5. The zero-order chi connectivity index (χ0) is 23.3. The molecule has 1 saturated heterocycles. The van der Waals surface area contributed by atoms with E-state index in [9.17, 15) is 32.5 Å². The summed E-state index contributed by atoms with van der Waals surface area (Å²) in [6.45, 7) is -0.000842. The highest BCUT2D eigenvalue weighted by Crippen LogP contribution is 2.31. The number of nitrogens with zero attached hydrogens (tertiary/aromatic N) is 2. The van der Waals surface area contributed by atoms with Crippen molar-refractivity contribution in [3.05, 3.63) is 64.0 Å². The van der Waals surface area contributed by atoms with Crippen LogP contribution in [0.4, 0.5) is 10.1 Å². The molecule has 2 amide bonds. The highest BCUT2D eigenvalue weighted by molar-refractivity contribution is 7.89. The molecule has 0 saturated carbocycles. The molecule has 0 aliphatic carbocycles. The van der Waals surface area contributed by atoms with Crippen LogP contribution in [-0.2, 0) is 14.8 Å². The van der Waals surface area contributed by atoms with Crippen molar-refractivity contribution in [1.29, 1.82) is 0 Å². The second kappa shape index (κ2) is 9.70. The number of carbonyl (C=O) groups excluding carboxylic acids is 2. The highest BCUT2D eigenvalue weighted by atomic mass is 32.2. The van der Waals surface area contributed by atoms with E-state index in [0.29, 0.717) is 13.1 Å². The topological polar surface area (TPSA) is 148 Å². The molecule has 170 valence electrons. The van der Waals surface area contributed by atoms with Crippen LogP contribution in [0.3, 0.4) is 0 Å². The van der Waals surface area contributed by atoms with Gasteiger partial charge in [-0.2, -0.15) is 4.31 Å². The average Bonchev–Trinajstić information content (AvgIpc) is 3.32. The van der Waals surface area contributed by atoms with E-state index in [1.165, 1.54) is 22.5 Å². The maximum absolute atomic E-state index is 12.9. The number of hydrazine groups is 1. The lowest BCUT2D eigenvalue weighted by Gasteiger charge is -2.16. The number of sulfonamides is 1. The summed E-state index contributed by atoms with van der Waals surface area (Å²) in [5.74, 6) is -2.38. The Morgan fingerprint density at radius 2 is 1.75 bits per heavy atom. The average molecular weight is 466 g/mol. The smallest absolute Gasteiger partial charge is 0.312 e. The van der Waals surface area contributed by atoms with Crippen LogP contribution in [0.1, 0.15) is 23.2 Å². The van der Waals surface area contributed by atoms with Crippen molar-refractivity contribution in [1.82, 2.24) is 15.2 Å². The number of nitrogens with one attached hydrogen (secondary N) is 2. The first-order valence-electron chi connectivity index (χ1n) is 9.44. The largest absolute Gasteiger partial charge is 0.477 e. The third kappa shape index (κ3) is 5.36. The molecule has 0 unspecified atom stereocenters. The van der Waals surface area contributed by atoms with E-state index >= 15 is 0 Å². The molecule has 0 atom stereocenters. The number of ether oxygens (including phenoxy) is 1. The first-order valence-corrected chi connectivity index (χ1v) is 10.9. The monoisotopic (exact) mass is 466 g/mol. The molecule has 2 N–H and O–H groups in total. The summed E-state index contributed by atoms with van der Waals surface area (Å²) in [6.07, 6.45) is 1.44. The van der Waals surface area contributed by atoms with Gasteiger partial charge in [-0.05, 0) is 49.2 Å². The summed E-state index contributed by atoms with van der Waals surface area (Å²) in [7, 11) is -3.87. The van der Waals surface area contributed by atoms with Gasteiger partial charge < -0.3 is 4.74 Å². The van der Waals surface area contributed by atoms with Gasteiger partial charge in [0.05, 0.1) is 9.82 Å². The fourth-order valence-electron chi connectivity index (χ4n) is 2.98. The van der Waals surface area contributed by atoms with Gasteiger partial charge >= 0.3 is 5.69 Å². The minimum absolute atomic E-state index is 0.0954. The van der Waals surface area contributed by atoms with E-state index in [2.05, 4.69) is 10.9 Å². The fourth-order valence-corrected chi connectivity index (χ4v) is 4.52. The van der Waals surface area contributed by atoms with Crippen molar-refractivity contribution >= 4 is 27.5 Å². The molecule has 32 heavy (non-hydrogen) atoms. The molecule has 1 heterocycles. The summed E-state index contributed by atoms with van der Waals surface area (Å²) in [5, 5.41) is 11.4. The standard InChI is InChI=1S/C19H19FN4O7S/c20-14-5-3-13(4-6-14)19(26)22-21-18(25)12-31-17-8-7-15(11-16(17)24(27)28)32(29,30)23-9-1-2-10-23/h3-8,11H,1-2,9-10,12H2,(H,21,25)(H,22,26). The fraction of sp³-hybridized carbons (Fsp3) is 0.263. The first-order chi connectivity index (χ1) is 15.2. The zero-order valence-corrected chi connectivity index (χ0v) is 17.4. The third-order valence-corrected chi connectivity index (χ3v) is 6.51. The van der Waals surface area contributed by atoms with Crippen molar-refractivity contribution in [3.8, 4) is 5.75 Å². The molecule has 11 nitrogen and oxygen atoms in total. The molecule has 3 rings (SSSR count). The minimum Gasteiger partial charge on any atom is -0.477 e.